The van der Waals surface area contributed by atoms with Crippen LogP contribution < -0.4 is 5.32 Å². The number of likely N-dealkylation sites (N-methyl/N-ethyl adjacent to an activating group) is 1. The van der Waals surface area contributed by atoms with Gasteiger partial charge in [-0.15, -0.1) is 0 Å². The summed E-state index contributed by atoms with van der Waals surface area (Å²) in [4.78, 5) is 14.3. The van der Waals surface area contributed by atoms with Gasteiger partial charge in [-0.25, -0.2) is 9.07 Å². The van der Waals surface area contributed by atoms with Gasteiger partial charge in [-0.3, -0.25) is 4.79 Å². The second kappa shape index (κ2) is 8.66. The molecule has 1 N–H and O–H groups in total. The van der Waals surface area contributed by atoms with Gasteiger partial charge in [0, 0.05) is 18.3 Å². The minimum atomic E-state index is -4.52. The maximum absolute atomic E-state index is 13.5. The van der Waals surface area contributed by atoms with Gasteiger partial charge in [0.25, 0.3) is 5.91 Å². The van der Waals surface area contributed by atoms with Crippen LogP contribution in [0.2, 0.25) is 0 Å². The SMILES string of the molecule is CN(C)C(CNC(=O)c1ccc(-n2ccc(C(F)(F)F)n2)cc1)c1cccc(F)c1. The van der Waals surface area contributed by atoms with Gasteiger partial charge in [0.2, 0.25) is 0 Å². The van der Waals surface area contributed by atoms with Crippen LogP contribution in [0.5, 0.6) is 0 Å². The lowest BCUT2D eigenvalue weighted by atomic mass is 10.1. The normalized spacial score (nSPS) is 12.8. The molecule has 0 spiro atoms. The van der Waals surface area contributed by atoms with E-state index < -0.39 is 11.9 Å². The van der Waals surface area contributed by atoms with Crippen molar-refractivity contribution in [2.75, 3.05) is 20.6 Å². The molecule has 2 aromatic carbocycles. The Hall–Kier alpha value is -3.20. The van der Waals surface area contributed by atoms with Crippen molar-refractivity contribution >= 4 is 5.91 Å². The van der Waals surface area contributed by atoms with Crippen LogP contribution in [0.4, 0.5) is 17.6 Å². The van der Waals surface area contributed by atoms with Gasteiger partial charge in [0.15, 0.2) is 5.69 Å². The molecule has 0 saturated heterocycles. The Balaban J connectivity index is 1.67. The highest BCUT2D eigenvalue weighted by Crippen LogP contribution is 2.28. The van der Waals surface area contributed by atoms with Crippen LogP contribution in [0.1, 0.15) is 27.7 Å². The highest BCUT2D eigenvalue weighted by atomic mass is 19.4. The number of hydrogen-bond acceptors (Lipinski definition) is 3. The molecule has 3 aromatic rings. The first-order chi connectivity index (χ1) is 14.1. The van der Waals surface area contributed by atoms with Crippen molar-refractivity contribution in [1.82, 2.24) is 20.0 Å². The fourth-order valence-corrected chi connectivity index (χ4v) is 2.99. The van der Waals surface area contributed by atoms with Gasteiger partial charge in [-0.05, 0) is 62.1 Å². The van der Waals surface area contributed by atoms with E-state index in [1.54, 1.807) is 12.1 Å². The Morgan fingerprint density at radius 2 is 1.83 bits per heavy atom. The van der Waals surface area contributed by atoms with Crippen LogP contribution in [0, 0.1) is 5.82 Å². The molecule has 0 bridgehead atoms. The van der Waals surface area contributed by atoms with Crippen LogP contribution in [0.3, 0.4) is 0 Å². The number of amides is 1. The molecule has 158 valence electrons. The van der Waals surface area contributed by atoms with E-state index in [2.05, 4.69) is 10.4 Å². The molecule has 0 aliphatic heterocycles. The molecule has 30 heavy (non-hydrogen) atoms. The molecule has 9 heteroatoms. The largest absolute Gasteiger partial charge is 0.435 e. The number of hydrogen-bond donors (Lipinski definition) is 1. The molecular formula is C21H20F4N4O. The summed E-state index contributed by atoms with van der Waals surface area (Å²) in [6, 6.07) is 12.9. The molecule has 1 atom stereocenters. The predicted molar refractivity (Wildman–Crippen MR) is 104 cm³/mol. The molecule has 1 aromatic heterocycles. The number of carbonyl (C=O) groups is 1. The highest BCUT2D eigenvalue weighted by molar-refractivity contribution is 5.94. The molecule has 0 radical (unpaired) electrons. The molecule has 0 aliphatic rings. The van der Waals surface area contributed by atoms with Gasteiger partial charge in [0.1, 0.15) is 5.82 Å². The van der Waals surface area contributed by atoms with E-state index in [-0.39, 0.29) is 24.3 Å². The summed E-state index contributed by atoms with van der Waals surface area (Å²) in [6.45, 7) is 0.255. The first-order valence-corrected chi connectivity index (χ1v) is 9.08. The quantitative estimate of drug-likeness (QED) is 0.612. The summed E-state index contributed by atoms with van der Waals surface area (Å²) in [5.41, 5.74) is 0.484. The maximum Gasteiger partial charge on any atom is 0.435 e. The highest BCUT2D eigenvalue weighted by Gasteiger charge is 2.33. The third-order valence-corrected chi connectivity index (χ3v) is 4.59. The number of rotatable bonds is 6. The fraction of sp³-hybridized carbons (Fsp3) is 0.238. The molecule has 0 saturated carbocycles. The average molecular weight is 420 g/mol. The number of benzene rings is 2. The molecule has 1 heterocycles. The summed E-state index contributed by atoms with van der Waals surface area (Å²) < 4.78 is 52.7. The van der Waals surface area contributed by atoms with Crippen LogP contribution >= 0.6 is 0 Å². The minimum absolute atomic E-state index is 0.228. The number of nitrogens with zero attached hydrogens (tertiary/aromatic N) is 3. The lowest BCUT2D eigenvalue weighted by molar-refractivity contribution is -0.141. The second-order valence-corrected chi connectivity index (χ2v) is 6.93. The standard InChI is InChI=1S/C21H20F4N4O/c1-28(2)18(15-4-3-5-16(22)12-15)13-26-20(30)14-6-8-17(9-7-14)29-11-10-19(27-29)21(23,24)25/h3-12,18H,13H2,1-2H3,(H,26,30). The summed E-state index contributed by atoms with van der Waals surface area (Å²) in [5, 5.41) is 6.31. The summed E-state index contributed by atoms with van der Waals surface area (Å²) in [6.07, 6.45) is -3.31. The van der Waals surface area contributed by atoms with E-state index in [9.17, 15) is 22.4 Å². The number of carbonyl (C=O) groups excluding carboxylic acids is 1. The van der Waals surface area contributed by atoms with E-state index in [1.807, 2.05) is 19.0 Å². The van der Waals surface area contributed by atoms with E-state index in [1.165, 1.54) is 42.6 Å². The lowest BCUT2D eigenvalue weighted by Crippen LogP contribution is -2.34. The van der Waals surface area contributed by atoms with Crippen molar-refractivity contribution in [3.63, 3.8) is 0 Å². The van der Waals surface area contributed by atoms with E-state index in [0.717, 1.165) is 16.3 Å². The van der Waals surface area contributed by atoms with Crippen molar-refractivity contribution < 1.29 is 22.4 Å². The maximum atomic E-state index is 13.5. The third-order valence-electron chi connectivity index (χ3n) is 4.59. The van der Waals surface area contributed by atoms with Crippen LogP contribution in [0.15, 0.2) is 60.8 Å². The number of alkyl halides is 3. The topological polar surface area (TPSA) is 50.2 Å². The molecule has 1 amide bonds. The monoisotopic (exact) mass is 420 g/mol. The van der Waals surface area contributed by atoms with Crippen molar-refractivity contribution in [2.24, 2.45) is 0 Å². The van der Waals surface area contributed by atoms with Crippen molar-refractivity contribution in [2.45, 2.75) is 12.2 Å². The molecule has 3 rings (SSSR count). The lowest BCUT2D eigenvalue weighted by Gasteiger charge is -2.25. The van der Waals surface area contributed by atoms with Gasteiger partial charge >= 0.3 is 6.18 Å². The zero-order valence-electron chi connectivity index (χ0n) is 16.3. The fourth-order valence-electron chi connectivity index (χ4n) is 2.99. The predicted octanol–water partition coefficient (Wildman–Crippen LogP) is 4.06. The van der Waals surface area contributed by atoms with E-state index in [4.69, 9.17) is 0 Å². The zero-order valence-corrected chi connectivity index (χ0v) is 16.3. The average Bonchev–Trinajstić information content (AvgIpc) is 3.19. The number of nitrogens with one attached hydrogen (secondary N) is 1. The zero-order chi connectivity index (χ0) is 21.9. The van der Waals surface area contributed by atoms with E-state index >= 15 is 0 Å². The van der Waals surface area contributed by atoms with Crippen LogP contribution in [-0.2, 0) is 6.18 Å². The Morgan fingerprint density at radius 1 is 1.13 bits per heavy atom. The summed E-state index contributed by atoms with van der Waals surface area (Å²) in [5.74, 6) is -0.699. The number of aromatic nitrogens is 2. The van der Waals surface area contributed by atoms with Crippen LogP contribution in [0.25, 0.3) is 5.69 Å². The Labute approximate surface area is 170 Å². The van der Waals surface area contributed by atoms with Gasteiger partial charge in [0.05, 0.1) is 11.7 Å². The molecule has 0 aliphatic carbocycles. The van der Waals surface area contributed by atoms with Crippen molar-refractivity contribution in [3.05, 3.63) is 83.4 Å². The Bertz CT molecular complexity index is 1010. The second-order valence-electron chi connectivity index (χ2n) is 6.93. The molecular weight excluding hydrogens is 400 g/mol. The molecule has 1 unspecified atom stereocenters. The smallest absolute Gasteiger partial charge is 0.350 e. The van der Waals surface area contributed by atoms with Gasteiger partial charge in [-0.2, -0.15) is 18.3 Å². The van der Waals surface area contributed by atoms with Crippen LogP contribution in [-0.4, -0.2) is 41.2 Å². The van der Waals surface area contributed by atoms with Crippen molar-refractivity contribution in [3.8, 4) is 5.69 Å². The minimum Gasteiger partial charge on any atom is -0.350 e. The molecule has 5 nitrogen and oxygen atoms in total. The van der Waals surface area contributed by atoms with Crippen molar-refractivity contribution in [1.29, 1.82) is 0 Å². The van der Waals surface area contributed by atoms with E-state index in [0.29, 0.717) is 11.3 Å². The Morgan fingerprint density at radius 3 is 2.40 bits per heavy atom. The van der Waals surface area contributed by atoms with Gasteiger partial charge in [-0.1, -0.05) is 12.1 Å². The molecule has 0 fully saturated rings. The first-order valence-electron chi connectivity index (χ1n) is 9.08. The Kier molecular flexibility index (Phi) is 6.21. The number of halogens is 4. The summed E-state index contributed by atoms with van der Waals surface area (Å²) >= 11 is 0. The third kappa shape index (κ3) is 5.04. The first kappa shape index (κ1) is 21.5. The summed E-state index contributed by atoms with van der Waals surface area (Å²) in [7, 11) is 3.66. The van der Waals surface area contributed by atoms with Gasteiger partial charge < -0.3 is 10.2 Å².